The Balaban J connectivity index is 1.66. The first-order chi connectivity index (χ1) is 17.5. The van der Waals surface area contributed by atoms with Crippen LogP contribution < -0.4 is 11.1 Å². The number of nitrogens with zero attached hydrogens (tertiary/aromatic N) is 3. The first kappa shape index (κ1) is 24.7. The number of imidazole rings is 1. The van der Waals surface area contributed by atoms with E-state index in [1.54, 1.807) is 31.2 Å². The van der Waals surface area contributed by atoms with Crippen LogP contribution in [0.3, 0.4) is 0 Å². The number of anilines is 1. The smallest absolute Gasteiger partial charge is 0.382 e. The van der Waals surface area contributed by atoms with Crippen molar-refractivity contribution in [3.8, 4) is 11.3 Å². The number of fused-ring (bicyclic) bond motifs is 1. The van der Waals surface area contributed by atoms with Crippen LogP contribution in [0.4, 0.5) is 27.6 Å². The van der Waals surface area contributed by atoms with Crippen molar-refractivity contribution in [2.45, 2.75) is 37.8 Å². The fourth-order valence-corrected chi connectivity index (χ4v) is 4.63. The highest BCUT2D eigenvalue weighted by atomic mass is 19.4. The molecule has 0 unspecified atom stereocenters. The molecule has 0 aliphatic heterocycles. The Morgan fingerprint density at radius 3 is 2.57 bits per heavy atom. The topological polar surface area (TPSA) is 85.3 Å². The molecule has 37 heavy (non-hydrogen) atoms. The summed E-state index contributed by atoms with van der Waals surface area (Å²) in [7, 11) is 0. The van der Waals surface area contributed by atoms with Gasteiger partial charge in [0.1, 0.15) is 0 Å². The van der Waals surface area contributed by atoms with Crippen molar-refractivity contribution in [2.75, 3.05) is 11.9 Å². The largest absolute Gasteiger partial charge is 0.390 e. The van der Waals surface area contributed by atoms with E-state index < -0.39 is 42.1 Å². The van der Waals surface area contributed by atoms with Gasteiger partial charge in [0.2, 0.25) is 5.91 Å². The van der Waals surface area contributed by atoms with E-state index in [1.165, 1.54) is 22.8 Å². The molecule has 5 rings (SSSR count). The summed E-state index contributed by atoms with van der Waals surface area (Å²) in [6, 6.07) is 10.5. The van der Waals surface area contributed by atoms with Gasteiger partial charge in [-0.15, -0.1) is 0 Å². The van der Waals surface area contributed by atoms with Gasteiger partial charge in [-0.3, -0.25) is 4.79 Å². The van der Waals surface area contributed by atoms with Crippen molar-refractivity contribution in [2.24, 2.45) is 5.73 Å². The fourth-order valence-electron chi connectivity index (χ4n) is 4.63. The van der Waals surface area contributed by atoms with Gasteiger partial charge in [0, 0.05) is 28.7 Å². The highest BCUT2D eigenvalue weighted by Gasteiger charge is 2.50. The third-order valence-corrected chi connectivity index (χ3v) is 6.69. The maximum Gasteiger partial charge on any atom is 0.390 e. The van der Waals surface area contributed by atoms with Crippen LogP contribution in [-0.4, -0.2) is 33.2 Å². The molecular weight excluding hydrogens is 493 g/mol. The van der Waals surface area contributed by atoms with Crippen molar-refractivity contribution >= 4 is 17.2 Å². The minimum atomic E-state index is -4.36. The number of hydrogen-bond donors (Lipinski definition) is 2. The molecule has 1 amide bonds. The van der Waals surface area contributed by atoms with E-state index in [2.05, 4.69) is 10.3 Å². The van der Waals surface area contributed by atoms with Gasteiger partial charge in [-0.25, -0.2) is 18.3 Å². The minimum Gasteiger partial charge on any atom is -0.382 e. The van der Waals surface area contributed by atoms with E-state index in [-0.39, 0.29) is 16.9 Å². The summed E-state index contributed by atoms with van der Waals surface area (Å²) in [6.07, 6.45) is -2.93. The van der Waals surface area contributed by atoms with Crippen LogP contribution in [0.5, 0.6) is 0 Å². The number of aromatic nitrogens is 3. The Morgan fingerprint density at radius 2 is 1.92 bits per heavy atom. The van der Waals surface area contributed by atoms with Gasteiger partial charge < -0.3 is 11.1 Å². The summed E-state index contributed by atoms with van der Waals surface area (Å²) in [6.45, 7) is 1.32. The number of nitrogens with two attached hydrogens (primary N) is 1. The van der Waals surface area contributed by atoms with Gasteiger partial charge >= 0.3 is 6.18 Å². The molecule has 0 spiro atoms. The van der Waals surface area contributed by atoms with Crippen molar-refractivity contribution in [3.05, 3.63) is 82.7 Å². The maximum atomic E-state index is 14.8. The quantitative estimate of drug-likeness (QED) is 0.317. The summed E-state index contributed by atoms with van der Waals surface area (Å²) < 4.78 is 68.8. The average molecular weight is 515 g/mol. The lowest BCUT2D eigenvalue weighted by Crippen LogP contribution is -2.19. The number of aryl methyl sites for hydroxylation is 1. The second kappa shape index (κ2) is 8.82. The predicted molar refractivity (Wildman–Crippen MR) is 127 cm³/mol. The van der Waals surface area contributed by atoms with Crippen molar-refractivity contribution in [1.82, 2.24) is 14.6 Å². The lowest BCUT2D eigenvalue weighted by molar-refractivity contribution is -0.131. The Kier molecular flexibility index (Phi) is 5.88. The molecular formula is C26H22F5N5O. The zero-order valence-electron chi connectivity index (χ0n) is 19.7. The maximum absolute atomic E-state index is 14.8. The summed E-state index contributed by atoms with van der Waals surface area (Å²) in [5.41, 5.74) is 7.68. The monoisotopic (exact) mass is 515 g/mol. The lowest BCUT2D eigenvalue weighted by atomic mass is 9.91. The predicted octanol–water partition coefficient (Wildman–Crippen LogP) is 5.53. The highest BCUT2D eigenvalue weighted by Crippen LogP contribution is 2.54. The molecule has 0 atom stereocenters. The third-order valence-electron chi connectivity index (χ3n) is 6.69. The van der Waals surface area contributed by atoms with Gasteiger partial charge in [-0.05, 0) is 49.6 Å². The van der Waals surface area contributed by atoms with Gasteiger partial charge in [-0.2, -0.15) is 18.3 Å². The number of rotatable bonds is 7. The Morgan fingerprint density at radius 1 is 1.16 bits per heavy atom. The van der Waals surface area contributed by atoms with Gasteiger partial charge in [0.15, 0.2) is 17.3 Å². The van der Waals surface area contributed by atoms with E-state index in [9.17, 15) is 26.7 Å². The van der Waals surface area contributed by atoms with E-state index >= 15 is 0 Å². The molecule has 1 fully saturated rings. The zero-order chi connectivity index (χ0) is 26.5. The number of nitrogens with one attached hydrogen (secondary N) is 1. The summed E-state index contributed by atoms with van der Waals surface area (Å²) in [5.74, 6) is -2.54. The van der Waals surface area contributed by atoms with Crippen molar-refractivity contribution in [1.29, 1.82) is 0 Å². The molecule has 1 aliphatic rings. The van der Waals surface area contributed by atoms with E-state index in [4.69, 9.17) is 10.8 Å². The molecule has 0 saturated heterocycles. The summed E-state index contributed by atoms with van der Waals surface area (Å²) in [4.78, 5) is 16.0. The first-order valence-corrected chi connectivity index (χ1v) is 11.6. The fraction of sp³-hybridized carbons (Fsp3) is 0.269. The lowest BCUT2D eigenvalue weighted by Gasteiger charge is -2.19. The molecule has 2 aromatic carbocycles. The number of alkyl halides is 3. The Hall–Kier alpha value is -4.02. The number of benzene rings is 2. The first-order valence-electron chi connectivity index (χ1n) is 11.6. The molecule has 1 saturated carbocycles. The van der Waals surface area contributed by atoms with Crippen LogP contribution in [0.2, 0.25) is 0 Å². The standard InChI is InChI=1S/C26H22F5N5O/c1-14-11-15(5-6-16(14)23(32)37)20-13-34-24-19(33-10-9-26(29,30)31)12-21(35-36(20)24)25(7-8-25)17-3-2-4-18(27)22(17)28/h2-6,11-13,33H,7-10H2,1H3,(H2,32,37). The van der Waals surface area contributed by atoms with Crippen LogP contribution in [0.25, 0.3) is 16.9 Å². The summed E-state index contributed by atoms with van der Waals surface area (Å²) in [5, 5.41) is 7.50. The number of amides is 1. The molecule has 1 aliphatic carbocycles. The van der Waals surface area contributed by atoms with E-state index in [0.29, 0.717) is 40.9 Å². The normalized spacial score (nSPS) is 14.6. The molecule has 192 valence electrons. The molecule has 6 nitrogen and oxygen atoms in total. The van der Waals surface area contributed by atoms with Crippen LogP contribution in [-0.2, 0) is 5.41 Å². The number of carbonyl (C=O) groups excluding carboxylic acids is 1. The number of halogens is 5. The SMILES string of the molecule is Cc1cc(-c2cnc3c(NCCC(F)(F)F)cc(C4(c5cccc(F)c5F)CC4)nn23)ccc1C(N)=O. The second-order valence-electron chi connectivity index (χ2n) is 9.19. The van der Waals surface area contributed by atoms with Crippen LogP contribution >= 0.6 is 0 Å². The third kappa shape index (κ3) is 4.49. The Bertz CT molecular complexity index is 1520. The van der Waals surface area contributed by atoms with Crippen molar-refractivity contribution in [3.63, 3.8) is 0 Å². The van der Waals surface area contributed by atoms with E-state index in [1.807, 2.05) is 0 Å². The van der Waals surface area contributed by atoms with Crippen LogP contribution in [0, 0.1) is 18.6 Å². The number of primary amides is 1. The van der Waals surface area contributed by atoms with Gasteiger partial charge in [0.05, 0.1) is 29.7 Å². The van der Waals surface area contributed by atoms with Gasteiger partial charge in [-0.1, -0.05) is 18.2 Å². The zero-order valence-corrected chi connectivity index (χ0v) is 19.7. The molecule has 11 heteroatoms. The summed E-state index contributed by atoms with van der Waals surface area (Å²) >= 11 is 0. The molecule has 3 N–H and O–H groups in total. The Labute approximate surface area is 208 Å². The molecule has 0 bridgehead atoms. The molecule has 2 heterocycles. The van der Waals surface area contributed by atoms with Crippen LogP contribution in [0.1, 0.15) is 46.4 Å². The van der Waals surface area contributed by atoms with E-state index in [0.717, 1.165) is 6.07 Å². The molecule has 2 aromatic heterocycles. The van der Waals surface area contributed by atoms with Crippen molar-refractivity contribution < 1.29 is 26.7 Å². The average Bonchev–Trinajstić information content (AvgIpc) is 3.52. The number of hydrogen-bond acceptors (Lipinski definition) is 4. The minimum absolute atomic E-state index is 0.143. The van der Waals surface area contributed by atoms with Gasteiger partial charge in [0.25, 0.3) is 0 Å². The molecule has 0 radical (unpaired) electrons. The van der Waals surface area contributed by atoms with Crippen LogP contribution in [0.15, 0.2) is 48.7 Å². The molecule has 4 aromatic rings. The number of carbonyl (C=O) groups is 1. The highest BCUT2D eigenvalue weighted by molar-refractivity contribution is 5.94. The second-order valence-corrected chi connectivity index (χ2v) is 9.19.